The second kappa shape index (κ2) is 10.7. The Morgan fingerprint density at radius 2 is 2.07 bits per heavy atom. The summed E-state index contributed by atoms with van der Waals surface area (Å²) < 4.78 is 0. The van der Waals surface area contributed by atoms with E-state index in [9.17, 15) is 9.59 Å². The molecule has 0 aliphatic rings. The van der Waals surface area contributed by atoms with Crippen molar-refractivity contribution in [3.05, 3.63) is 40.4 Å². The van der Waals surface area contributed by atoms with Crippen LogP contribution < -0.4 is 16.6 Å². The van der Waals surface area contributed by atoms with Crippen LogP contribution in [0.5, 0.6) is 0 Å². The van der Waals surface area contributed by atoms with Gasteiger partial charge in [-0.15, -0.1) is 12.4 Å². The number of carbonyl (C=O) groups excluding carboxylic acids is 1. The van der Waals surface area contributed by atoms with Crippen molar-refractivity contribution in [3.63, 3.8) is 0 Å². The van der Waals surface area contributed by atoms with E-state index in [0.717, 1.165) is 6.42 Å². The molecule has 0 spiro atoms. The van der Waals surface area contributed by atoms with Crippen LogP contribution in [-0.2, 0) is 10.5 Å². The van der Waals surface area contributed by atoms with Crippen LogP contribution in [0.3, 0.4) is 0 Å². The summed E-state index contributed by atoms with van der Waals surface area (Å²) in [5.41, 5.74) is 6.04. The van der Waals surface area contributed by atoms with Gasteiger partial charge in [-0.25, -0.2) is 4.98 Å². The molecule has 0 aliphatic heterocycles. The predicted molar refractivity (Wildman–Crippen MR) is 115 cm³/mol. The van der Waals surface area contributed by atoms with Crippen LogP contribution in [0, 0.1) is 5.92 Å². The first-order valence-corrected chi connectivity index (χ1v) is 10.1. The number of halogens is 1. The van der Waals surface area contributed by atoms with Gasteiger partial charge in [0.25, 0.3) is 5.56 Å². The fourth-order valence-electron chi connectivity index (χ4n) is 3.02. The van der Waals surface area contributed by atoms with Gasteiger partial charge in [0.05, 0.1) is 16.7 Å². The lowest BCUT2D eigenvalue weighted by Gasteiger charge is -2.31. The molecule has 27 heavy (non-hydrogen) atoms. The lowest BCUT2D eigenvalue weighted by molar-refractivity contribution is -0.122. The number of rotatable bonds is 9. The van der Waals surface area contributed by atoms with E-state index < -0.39 is 0 Å². The summed E-state index contributed by atoms with van der Waals surface area (Å²) in [5.74, 6) is 2.32. The molecule has 2 aromatic rings. The standard InChI is InChI=1S/C19H28N4O2S.ClH/c1-13(2)10-19(3,12-20)23-17(24)8-9-26-11-16-21-15-7-5-4-6-14(15)18(25)22-16;/h4-7,13H,8-12,20H2,1-3H3,(H,23,24)(H,21,22,25);1H. The van der Waals surface area contributed by atoms with Gasteiger partial charge in [0.2, 0.25) is 5.91 Å². The first-order chi connectivity index (χ1) is 12.3. The molecule has 1 unspecified atom stereocenters. The van der Waals surface area contributed by atoms with E-state index >= 15 is 0 Å². The van der Waals surface area contributed by atoms with Gasteiger partial charge in [-0.2, -0.15) is 11.8 Å². The SMILES string of the molecule is CC(C)CC(C)(CN)NC(=O)CCSCc1nc2ccccc2c(=O)[nH]1.Cl. The maximum atomic E-state index is 12.2. The number of nitrogens with two attached hydrogens (primary N) is 1. The summed E-state index contributed by atoms with van der Waals surface area (Å²) in [6.45, 7) is 6.65. The highest BCUT2D eigenvalue weighted by Crippen LogP contribution is 2.16. The number of carbonyl (C=O) groups is 1. The Kier molecular flexibility index (Phi) is 9.29. The number of benzene rings is 1. The molecule has 1 aromatic carbocycles. The third-order valence-corrected chi connectivity index (χ3v) is 5.10. The molecule has 1 atom stereocenters. The van der Waals surface area contributed by atoms with Crippen molar-refractivity contribution in [1.29, 1.82) is 0 Å². The summed E-state index contributed by atoms with van der Waals surface area (Å²) in [4.78, 5) is 31.5. The van der Waals surface area contributed by atoms with Gasteiger partial charge in [0.15, 0.2) is 0 Å². The highest BCUT2D eigenvalue weighted by molar-refractivity contribution is 7.98. The average molecular weight is 413 g/mol. The topological polar surface area (TPSA) is 101 Å². The fraction of sp³-hybridized carbons (Fsp3) is 0.526. The van der Waals surface area contributed by atoms with Gasteiger partial charge in [0, 0.05) is 24.3 Å². The lowest BCUT2D eigenvalue weighted by Crippen LogP contribution is -2.52. The molecule has 2 rings (SSSR count). The molecule has 1 heterocycles. The van der Waals surface area contributed by atoms with Gasteiger partial charge in [-0.3, -0.25) is 9.59 Å². The van der Waals surface area contributed by atoms with Crippen LogP contribution in [0.25, 0.3) is 10.9 Å². The molecule has 0 fully saturated rings. The second-order valence-corrected chi connectivity index (χ2v) is 8.35. The van der Waals surface area contributed by atoms with Crippen LogP contribution in [0.2, 0.25) is 0 Å². The largest absolute Gasteiger partial charge is 0.350 e. The molecule has 1 amide bonds. The smallest absolute Gasteiger partial charge is 0.258 e. The normalized spacial score (nSPS) is 13.2. The van der Waals surface area contributed by atoms with E-state index in [0.29, 0.717) is 47.1 Å². The molecule has 1 aromatic heterocycles. The molecule has 6 nitrogen and oxygen atoms in total. The van der Waals surface area contributed by atoms with Crippen LogP contribution in [0.15, 0.2) is 29.1 Å². The Balaban J connectivity index is 0.00000364. The average Bonchev–Trinajstić information content (AvgIpc) is 2.58. The number of hydrogen-bond donors (Lipinski definition) is 3. The number of nitrogens with zero attached hydrogens (tertiary/aromatic N) is 1. The van der Waals surface area contributed by atoms with E-state index in [2.05, 4.69) is 29.1 Å². The van der Waals surface area contributed by atoms with Crippen molar-refractivity contribution in [2.24, 2.45) is 11.7 Å². The zero-order valence-electron chi connectivity index (χ0n) is 16.1. The van der Waals surface area contributed by atoms with E-state index in [4.69, 9.17) is 5.73 Å². The third-order valence-electron chi connectivity index (χ3n) is 4.12. The van der Waals surface area contributed by atoms with Crippen LogP contribution in [0.1, 0.15) is 39.4 Å². The van der Waals surface area contributed by atoms with Gasteiger partial charge in [0.1, 0.15) is 5.82 Å². The van der Waals surface area contributed by atoms with Gasteiger partial charge >= 0.3 is 0 Å². The minimum atomic E-state index is -0.360. The highest BCUT2D eigenvalue weighted by Gasteiger charge is 2.25. The summed E-state index contributed by atoms with van der Waals surface area (Å²) in [7, 11) is 0. The maximum absolute atomic E-state index is 12.2. The summed E-state index contributed by atoms with van der Waals surface area (Å²) in [6.07, 6.45) is 1.26. The molecular weight excluding hydrogens is 384 g/mol. The summed E-state index contributed by atoms with van der Waals surface area (Å²) in [5, 5.41) is 3.65. The summed E-state index contributed by atoms with van der Waals surface area (Å²) in [6, 6.07) is 7.27. The molecule has 0 saturated carbocycles. The molecule has 0 radical (unpaired) electrons. The van der Waals surface area contributed by atoms with Crippen LogP contribution >= 0.6 is 24.2 Å². The second-order valence-electron chi connectivity index (χ2n) is 7.24. The lowest BCUT2D eigenvalue weighted by atomic mass is 9.90. The first-order valence-electron chi connectivity index (χ1n) is 8.90. The Morgan fingerprint density at radius 1 is 1.37 bits per heavy atom. The van der Waals surface area contributed by atoms with E-state index in [1.807, 2.05) is 25.1 Å². The van der Waals surface area contributed by atoms with Gasteiger partial charge < -0.3 is 16.0 Å². The van der Waals surface area contributed by atoms with Gasteiger partial charge in [-0.05, 0) is 31.4 Å². The fourth-order valence-corrected chi connectivity index (χ4v) is 3.83. The Hall–Kier alpha value is -1.57. The number of aromatic amines is 1. The molecular formula is C19H29ClN4O2S. The van der Waals surface area contributed by atoms with Crippen molar-refractivity contribution in [1.82, 2.24) is 15.3 Å². The molecule has 8 heteroatoms. The minimum Gasteiger partial charge on any atom is -0.350 e. The van der Waals surface area contributed by atoms with E-state index in [-0.39, 0.29) is 29.4 Å². The number of H-pyrrole nitrogens is 1. The van der Waals surface area contributed by atoms with Crippen molar-refractivity contribution in [2.75, 3.05) is 12.3 Å². The van der Waals surface area contributed by atoms with Crippen molar-refractivity contribution in [3.8, 4) is 0 Å². The minimum absolute atomic E-state index is 0. The number of amides is 1. The van der Waals surface area contributed by atoms with Crippen molar-refractivity contribution in [2.45, 2.75) is 44.9 Å². The number of fused-ring (bicyclic) bond motifs is 1. The molecule has 0 aliphatic carbocycles. The van der Waals surface area contributed by atoms with E-state index in [1.165, 1.54) is 0 Å². The zero-order valence-corrected chi connectivity index (χ0v) is 17.7. The number of hydrogen-bond acceptors (Lipinski definition) is 5. The van der Waals surface area contributed by atoms with Crippen molar-refractivity contribution >= 4 is 41.0 Å². The Labute approximate surface area is 170 Å². The number of para-hydroxylation sites is 1. The molecule has 150 valence electrons. The number of thioether (sulfide) groups is 1. The summed E-state index contributed by atoms with van der Waals surface area (Å²) >= 11 is 1.57. The Bertz CT molecular complexity index is 812. The molecule has 4 N–H and O–H groups in total. The van der Waals surface area contributed by atoms with E-state index in [1.54, 1.807) is 17.8 Å². The molecule has 0 saturated heterocycles. The van der Waals surface area contributed by atoms with Gasteiger partial charge in [-0.1, -0.05) is 26.0 Å². The highest BCUT2D eigenvalue weighted by atomic mass is 35.5. The first kappa shape index (κ1) is 23.5. The molecule has 0 bridgehead atoms. The zero-order chi connectivity index (χ0) is 19.2. The van der Waals surface area contributed by atoms with Crippen LogP contribution in [-0.4, -0.2) is 33.7 Å². The Morgan fingerprint density at radius 3 is 2.74 bits per heavy atom. The van der Waals surface area contributed by atoms with Crippen molar-refractivity contribution < 1.29 is 4.79 Å². The number of nitrogens with one attached hydrogen (secondary N) is 2. The monoisotopic (exact) mass is 412 g/mol. The third kappa shape index (κ3) is 7.16. The maximum Gasteiger partial charge on any atom is 0.258 e. The predicted octanol–water partition coefficient (Wildman–Crippen LogP) is 2.85. The van der Waals surface area contributed by atoms with Crippen LogP contribution in [0.4, 0.5) is 0 Å². The number of aromatic nitrogens is 2. The quantitative estimate of drug-likeness (QED) is 0.550.